The van der Waals surface area contributed by atoms with Crippen LogP contribution in [0.25, 0.3) is 0 Å². The van der Waals surface area contributed by atoms with E-state index in [1.165, 1.54) is 4.90 Å². The first kappa shape index (κ1) is 16.7. The average molecular weight is 289 g/mol. The van der Waals surface area contributed by atoms with Crippen LogP contribution >= 0.6 is 0 Å². The molecule has 6 heteroatoms. The van der Waals surface area contributed by atoms with Crippen molar-refractivity contribution in [1.82, 2.24) is 4.90 Å². The molecule has 0 spiro atoms. The van der Waals surface area contributed by atoms with Crippen LogP contribution in [0.15, 0.2) is 24.3 Å². The lowest BCUT2D eigenvalue weighted by Gasteiger charge is -2.22. The molecule has 112 valence electrons. The number of nitrogens with zero attached hydrogens (tertiary/aromatic N) is 2. The van der Waals surface area contributed by atoms with Gasteiger partial charge in [-0.2, -0.15) is 5.26 Å². The van der Waals surface area contributed by atoms with Crippen LogP contribution in [-0.4, -0.2) is 41.5 Å². The van der Waals surface area contributed by atoms with Gasteiger partial charge >= 0.3 is 5.97 Å². The molecule has 0 radical (unpaired) electrons. The molecule has 0 fully saturated rings. The number of carbonyl (C=O) groups excluding carboxylic acids is 1. The van der Waals surface area contributed by atoms with E-state index in [1.807, 2.05) is 0 Å². The summed E-state index contributed by atoms with van der Waals surface area (Å²) in [6, 6.07) is 8.37. The van der Waals surface area contributed by atoms with Crippen molar-refractivity contribution in [2.24, 2.45) is 0 Å². The molecule has 0 aromatic heterocycles. The van der Waals surface area contributed by atoms with Gasteiger partial charge in [0.25, 0.3) is 0 Å². The van der Waals surface area contributed by atoms with Crippen molar-refractivity contribution in [3.05, 3.63) is 29.8 Å². The van der Waals surface area contributed by atoms with Gasteiger partial charge in [0.05, 0.1) is 19.0 Å². The maximum absolute atomic E-state index is 11.9. The van der Waals surface area contributed by atoms with E-state index in [0.717, 1.165) is 5.56 Å². The molecule has 0 aliphatic carbocycles. The summed E-state index contributed by atoms with van der Waals surface area (Å²) >= 11 is 0. The third-order valence-electron chi connectivity index (χ3n) is 3.12. The fraction of sp³-hybridized carbons (Fsp3) is 0.400. The van der Waals surface area contributed by atoms with E-state index >= 15 is 0 Å². The van der Waals surface area contributed by atoms with E-state index in [1.54, 1.807) is 38.2 Å². The number of nitriles is 1. The zero-order chi connectivity index (χ0) is 15.8. The molecule has 1 unspecified atom stereocenters. The number of hydrogen-bond donors (Lipinski definition) is 2. The van der Waals surface area contributed by atoms with Crippen LogP contribution in [0.1, 0.15) is 18.9 Å². The number of rotatable bonds is 7. The smallest absolute Gasteiger partial charge is 0.320 e. The molecule has 0 saturated carbocycles. The Morgan fingerprint density at radius 1 is 1.38 bits per heavy atom. The van der Waals surface area contributed by atoms with Gasteiger partial charge in [-0.1, -0.05) is 19.1 Å². The number of carboxylic acids is 1. The van der Waals surface area contributed by atoms with Gasteiger partial charge < -0.3 is 10.4 Å². The van der Waals surface area contributed by atoms with Crippen molar-refractivity contribution >= 4 is 17.6 Å². The van der Waals surface area contributed by atoms with Crippen LogP contribution in [0, 0.1) is 11.3 Å². The molecule has 0 aliphatic heterocycles. The van der Waals surface area contributed by atoms with Crippen LogP contribution in [0.5, 0.6) is 0 Å². The van der Waals surface area contributed by atoms with Crippen molar-refractivity contribution in [2.75, 3.05) is 18.9 Å². The second-order valence-electron chi connectivity index (χ2n) is 4.76. The summed E-state index contributed by atoms with van der Waals surface area (Å²) in [5, 5.41) is 20.3. The summed E-state index contributed by atoms with van der Waals surface area (Å²) in [7, 11) is 1.61. The van der Waals surface area contributed by atoms with E-state index in [9.17, 15) is 9.59 Å². The molecule has 6 nitrogen and oxygen atoms in total. The molecule has 0 bridgehead atoms. The lowest BCUT2D eigenvalue weighted by molar-refractivity contribution is -0.143. The minimum atomic E-state index is -0.936. The summed E-state index contributed by atoms with van der Waals surface area (Å²) in [5.41, 5.74) is 1.50. The number of carbonyl (C=O) groups is 2. The standard InChI is InChI=1S/C15H19N3O3/c1-3-13(15(20)21)18(2)10-14(19)17-12-6-4-11(5-7-12)8-9-16/h4-7,13H,3,8,10H2,1-2H3,(H,17,19)(H,20,21). The summed E-state index contributed by atoms with van der Waals surface area (Å²) in [6.07, 6.45) is 0.760. The van der Waals surface area contributed by atoms with Crippen LogP contribution in [-0.2, 0) is 16.0 Å². The van der Waals surface area contributed by atoms with Crippen molar-refractivity contribution in [3.8, 4) is 6.07 Å². The maximum atomic E-state index is 11.9. The number of anilines is 1. The van der Waals surface area contributed by atoms with Gasteiger partial charge in [-0.15, -0.1) is 0 Å². The topological polar surface area (TPSA) is 93.4 Å². The van der Waals surface area contributed by atoms with Crippen LogP contribution in [0.4, 0.5) is 5.69 Å². The highest BCUT2D eigenvalue weighted by Gasteiger charge is 2.22. The molecule has 21 heavy (non-hydrogen) atoms. The molecule has 1 amide bonds. The normalized spacial score (nSPS) is 11.7. The quantitative estimate of drug-likeness (QED) is 0.793. The Labute approximate surface area is 124 Å². The summed E-state index contributed by atoms with van der Waals surface area (Å²) in [6.45, 7) is 1.77. The molecule has 1 atom stereocenters. The molecule has 0 aliphatic rings. The first-order valence-corrected chi connectivity index (χ1v) is 6.66. The van der Waals surface area contributed by atoms with E-state index in [0.29, 0.717) is 18.5 Å². The number of likely N-dealkylation sites (N-methyl/N-ethyl adjacent to an activating group) is 1. The number of nitrogens with one attached hydrogen (secondary N) is 1. The van der Waals surface area contributed by atoms with Crippen molar-refractivity contribution in [2.45, 2.75) is 25.8 Å². The van der Waals surface area contributed by atoms with Crippen LogP contribution in [0.3, 0.4) is 0 Å². The zero-order valence-corrected chi connectivity index (χ0v) is 12.2. The highest BCUT2D eigenvalue weighted by atomic mass is 16.4. The second-order valence-corrected chi connectivity index (χ2v) is 4.76. The van der Waals surface area contributed by atoms with E-state index in [2.05, 4.69) is 11.4 Å². The Morgan fingerprint density at radius 3 is 2.48 bits per heavy atom. The maximum Gasteiger partial charge on any atom is 0.320 e. The van der Waals surface area contributed by atoms with Crippen LogP contribution < -0.4 is 5.32 Å². The zero-order valence-electron chi connectivity index (χ0n) is 12.2. The third-order valence-corrected chi connectivity index (χ3v) is 3.12. The van der Waals surface area contributed by atoms with E-state index < -0.39 is 12.0 Å². The minimum Gasteiger partial charge on any atom is -0.480 e. The number of hydrogen-bond acceptors (Lipinski definition) is 4. The molecule has 1 rings (SSSR count). The highest BCUT2D eigenvalue weighted by Crippen LogP contribution is 2.10. The first-order chi connectivity index (χ1) is 9.97. The van der Waals surface area contributed by atoms with Gasteiger partial charge in [-0.3, -0.25) is 14.5 Å². The van der Waals surface area contributed by atoms with E-state index in [-0.39, 0.29) is 12.5 Å². The Morgan fingerprint density at radius 2 is 2.00 bits per heavy atom. The predicted octanol–water partition coefficient (Wildman–Crippen LogP) is 1.49. The van der Waals surface area contributed by atoms with Crippen molar-refractivity contribution in [1.29, 1.82) is 5.26 Å². The number of aliphatic carboxylic acids is 1. The largest absolute Gasteiger partial charge is 0.480 e. The van der Waals surface area contributed by atoms with Crippen molar-refractivity contribution in [3.63, 3.8) is 0 Å². The molecule has 1 aromatic rings. The molecule has 1 aromatic carbocycles. The average Bonchev–Trinajstić information content (AvgIpc) is 2.41. The number of benzene rings is 1. The van der Waals surface area contributed by atoms with Crippen LogP contribution in [0.2, 0.25) is 0 Å². The lowest BCUT2D eigenvalue weighted by atomic mass is 10.1. The fourth-order valence-electron chi connectivity index (χ4n) is 2.01. The Balaban J connectivity index is 2.57. The Bertz CT molecular complexity index is 534. The molecule has 0 heterocycles. The summed E-state index contributed by atoms with van der Waals surface area (Å²) < 4.78 is 0. The summed E-state index contributed by atoms with van der Waals surface area (Å²) in [5.74, 6) is -1.21. The Kier molecular flexibility index (Phi) is 6.37. The lowest BCUT2D eigenvalue weighted by Crippen LogP contribution is -2.42. The third kappa shape index (κ3) is 5.24. The van der Waals surface area contributed by atoms with Gasteiger partial charge in [0.15, 0.2) is 0 Å². The first-order valence-electron chi connectivity index (χ1n) is 6.66. The van der Waals surface area contributed by atoms with Crippen molar-refractivity contribution < 1.29 is 14.7 Å². The Hall–Kier alpha value is -2.39. The molecular weight excluding hydrogens is 270 g/mol. The SMILES string of the molecule is CCC(C(=O)O)N(C)CC(=O)Nc1ccc(CC#N)cc1. The minimum absolute atomic E-state index is 0.00472. The summed E-state index contributed by atoms with van der Waals surface area (Å²) in [4.78, 5) is 24.4. The van der Waals surface area contributed by atoms with Gasteiger partial charge in [-0.25, -0.2) is 0 Å². The second kappa shape index (κ2) is 8.02. The molecular formula is C15H19N3O3. The van der Waals surface area contributed by atoms with Gasteiger partial charge in [0.1, 0.15) is 6.04 Å². The number of carboxylic acid groups (broad SMARTS) is 1. The van der Waals surface area contributed by atoms with Gasteiger partial charge in [0, 0.05) is 5.69 Å². The van der Waals surface area contributed by atoms with E-state index in [4.69, 9.17) is 10.4 Å². The monoisotopic (exact) mass is 289 g/mol. The predicted molar refractivity (Wildman–Crippen MR) is 78.7 cm³/mol. The van der Waals surface area contributed by atoms with Gasteiger partial charge in [0.2, 0.25) is 5.91 Å². The molecule has 2 N–H and O–H groups in total. The van der Waals surface area contributed by atoms with Gasteiger partial charge in [-0.05, 0) is 31.2 Å². The molecule has 0 saturated heterocycles. The fourth-order valence-corrected chi connectivity index (χ4v) is 2.01. The highest BCUT2D eigenvalue weighted by molar-refractivity contribution is 5.92. The number of amides is 1.